The second-order valence-electron chi connectivity index (χ2n) is 3.71. The van der Waals surface area contributed by atoms with E-state index in [0.717, 1.165) is 19.4 Å². The Morgan fingerprint density at radius 3 is 2.88 bits per heavy atom. The van der Waals surface area contributed by atoms with E-state index in [1.807, 2.05) is 28.9 Å². The first-order valence-corrected chi connectivity index (χ1v) is 7.22. The first kappa shape index (κ1) is 12.3. The number of thiophene rings is 1. The molecule has 0 unspecified atom stereocenters. The molecule has 2 nitrogen and oxygen atoms in total. The van der Waals surface area contributed by atoms with Crippen LogP contribution in [-0.2, 0) is 0 Å². The maximum atomic E-state index is 11.9. The lowest BCUT2D eigenvalue weighted by Gasteiger charge is -1.96. The number of fused-ring (bicyclic) bond motifs is 1. The van der Waals surface area contributed by atoms with Crippen LogP contribution in [0.1, 0.15) is 18.7 Å². The molecule has 0 fully saturated rings. The van der Waals surface area contributed by atoms with Gasteiger partial charge in [-0.1, -0.05) is 5.57 Å². The maximum Gasteiger partial charge on any atom is 0.268 e. The Morgan fingerprint density at radius 1 is 1.56 bits per heavy atom. The van der Waals surface area contributed by atoms with Crippen molar-refractivity contribution in [3.8, 4) is 0 Å². The molecule has 0 N–H and O–H groups in total. The largest absolute Gasteiger partial charge is 0.268 e. The van der Waals surface area contributed by atoms with Gasteiger partial charge in [0.15, 0.2) is 0 Å². The zero-order chi connectivity index (χ0) is 11.9. The molecule has 0 spiro atoms. The maximum absolute atomic E-state index is 11.9. The van der Waals surface area contributed by atoms with E-state index in [1.54, 1.807) is 20.3 Å². The van der Waals surface area contributed by atoms with E-state index in [9.17, 15) is 4.79 Å². The average molecular weight is 410 g/mol. The summed E-state index contributed by atoms with van der Waals surface area (Å²) in [6.07, 6.45) is 3.89. The molecule has 2 rings (SSSR count). The van der Waals surface area contributed by atoms with Gasteiger partial charge in [-0.25, -0.2) is 0 Å². The van der Waals surface area contributed by atoms with Crippen LogP contribution in [-0.4, -0.2) is 2.78 Å². The van der Waals surface area contributed by atoms with Crippen molar-refractivity contribution in [3.63, 3.8) is 0 Å². The highest BCUT2D eigenvalue weighted by molar-refractivity contribution is 14.1. The average Bonchev–Trinajstić information content (AvgIpc) is 2.58. The molecule has 0 aliphatic heterocycles. The summed E-state index contributed by atoms with van der Waals surface area (Å²) >= 11 is 7.12. The molecule has 0 amide bonds. The van der Waals surface area contributed by atoms with E-state index < -0.39 is 0 Å². The lowest BCUT2D eigenvalue weighted by atomic mass is 10.2. The van der Waals surface area contributed by atoms with E-state index >= 15 is 0 Å². The van der Waals surface area contributed by atoms with Crippen molar-refractivity contribution in [1.82, 2.24) is 2.78 Å². The number of pyridine rings is 1. The predicted octanol–water partition coefficient (Wildman–Crippen LogP) is 4.45. The van der Waals surface area contributed by atoms with Crippen LogP contribution < -0.4 is 5.56 Å². The molecule has 0 saturated heterocycles. The van der Waals surface area contributed by atoms with Gasteiger partial charge in [0, 0.05) is 11.1 Å². The quantitative estimate of drug-likeness (QED) is 0.638. The zero-order valence-corrected chi connectivity index (χ0v) is 13.3. The van der Waals surface area contributed by atoms with Gasteiger partial charge in [-0.2, -0.15) is 0 Å². The first-order chi connectivity index (χ1) is 7.49. The van der Waals surface area contributed by atoms with Crippen molar-refractivity contribution in [2.45, 2.75) is 13.8 Å². The molecule has 0 radical (unpaired) electrons. The Labute approximate surface area is 120 Å². The molecule has 84 valence electrons. The molecule has 0 saturated carbocycles. The molecule has 0 bridgehead atoms. The third-order valence-electron chi connectivity index (χ3n) is 2.05. The van der Waals surface area contributed by atoms with E-state index in [-0.39, 0.29) is 5.56 Å². The van der Waals surface area contributed by atoms with Crippen LogP contribution in [0, 0.1) is 0 Å². The van der Waals surface area contributed by atoms with Crippen LogP contribution in [0.2, 0.25) is 0 Å². The van der Waals surface area contributed by atoms with Crippen LogP contribution in [0.3, 0.4) is 0 Å². The number of allylic oxidation sites excluding steroid dienone is 1. The lowest BCUT2D eigenvalue weighted by molar-refractivity contribution is 1.23. The summed E-state index contributed by atoms with van der Waals surface area (Å²) in [5.74, 6) is 0. The summed E-state index contributed by atoms with van der Waals surface area (Å²) in [6.45, 7) is 4.10. The number of halogens is 2. The summed E-state index contributed by atoms with van der Waals surface area (Å²) in [7, 11) is 0. The van der Waals surface area contributed by atoms with Crippen LogP contribution in [0.4, 0.5) is 0 Å². The standard InChI is InChI=1S/C11H9BrINOS/c1-6(2)3-7-4-8-10(16-7)9(12)5-14(13)11(8)15/h3-5H,1-2H3. The second-order valence-corrected chi connectivity index (χ2v) is 6.68. The van der Waals surface area contributed by atoms with Crippen molar-refractivity contribution < 1.29 is 0 Å². The minimum absolute atomic E-state index is 0.0449. The van der Waals surface area contributed by atoms with Crippen LogP contribution in [0.25, 0.3) is 16.2 Å². The molecule has 0 aromatic carbocycles. The molecule has 0 aliphatic rings. The number of rotatable bonds is 1. The van der Waals surface area contributed by atoms with E-state index in [0.29, 0.717) is 0 Å². The molecule has 0 aliphatic carbocycles. The Balaban J connectivity index is 2.80. The van der Waals surface area contributed by atoms with Gasteiger partial charge in [-0.05, 0) is 41.9 Å². The van der Waals surface area contributed by atoms with Crippen LogP contribution >= 0.6 is 50.1 Å². The van der Waals surface area contributed by atoms with E-state index in [1.165, 1.54) is 5.57 Å². The van der Waals surface area contributed by atoms with E-state index in [2.05, 4.69) is 35.9 Å². The molecule has 2 aromatic rings. The van der Waals surface area contributed by atoms with Crippen molar-refractivity contribution in [2.24, 2.45) is 0 Å². The first-order valence-electron chi connectivity index (χ1n) is 4.65. The monoisotopic (exact) mass is 409 g/mol. The van der Waals surface area contributed by atoms with Crippen LogP contribution in [0.15, 0.2) is 27.1 Å². The molecular weight excluding hydrogens is 401 g/mol. The molecular formula is C11H9BrINOS. The van der Waals surface area contributed by atoms with Gasteiger partial charge in [-0.15, -0.1) is 11.3 Å². The fourth-order valence-electron chi connectivity index (χ4n) is 1.43. The number of hydrogen-bond donors (Lipinski definition) is 0. The third kappa shape index (κ3) is 2.26. The summed E-state index contributed by atoms with van der Waals surface area (Å²) in [6, 6.07) is 1.95. The number of hydrogen-bond acceptors (Lipinski definition) is 2. The van der Waals surface area contributed by atoms with Gasteiger partial charge >= 0.3 is 0 Å². The molecule has 2 heterocycles. The van der Waals surface area contributed by atoms with E-state index in [4.69, 9.17) is 0 Å². The predicted molar refractivity (Wildman–Crippen MR) is 82.5 cm³/mol. The third-order valence-corrected chi connectivity index (χ3v) is 4.75. The van der Waals surface area contributed by atoms with Gasteiger partial charge < -0.3 is 0 Å². The molecule has 2 aromatic heterocycles. The van der Waals surface area contributed by atoms with Crippen molar-refractivity contribution in [1.29, 1.82) is 0 Å². The molecule has 16 heavy (non-hydrogen) atoms. The zero-order valence-electron chi connectivity index (χ0n) is 8.75. The van der Waals surface area contributed by atoms with Gasteiger partial charge in [0.2, 0.25) is 0 Å². The smallest absolute Gasteiger partial charge is 0.268 e. The Hall–Kier alpha value is -0.140. The van der Waals surface area contributed by atoms with Crippen molar-refractivity contribution >= 4 is 66.3 Å². The Morgan fingerprint density at radius 2 is 2.25 bits per heavy atom. The molecule has 0 atom stereocenters. The van der Waals surface area contributed by atoms with Crippen molar-refractivity contribution in [2.75, 3.05) is 0 Å². The minimum atomic E-state index is 0.0449. The Kier molecular flexibility index (Phi) is 3.56. The minimum Gasteiger partial charge on any atom is -0.268 e. The normalized spacial score (nSPS) is 10.8. The van der Waals surface area contributed by atoms with Gasteiger partial charge in [0.05, 0.1) is 37.4 Å². The SMILES string of the molecule is CC(C)=Cc1cc2c(=O)n(I)cc(Br)c2s1. The van der Waals surface area contributed by atoms with Gasteiger partial charge in [-0.3, -0.25) is 7.58 Å². The molecule has 5 heteroatoms. The van der Waals surface area contributed by atoms with Crippen LogP contribution in [0.5, 0.6) is 0 Å². The van der Waals surface area contributed by atoms with Gasteiger partial charge in [0.1, 0.15) is 0 Å². The fraction of sp³-hybridized carbons (Fsp3) is 0.182. The highest BCUT2D eigenvalue weighted by Crippen LogP contribution is 2.31. The second kappa shape index (κ2) is 4.62. The Bertz CT molecular complexity index is 637. The van der Waals surface area contributed by atoms with Gasteiger partial charge in [0.25, 0.3) is 5.56 Å². The number of nitrogens with zero attached hydrogens (tertiary/aromatic N) is 1. The summed E-state index contributed by atoms with van der Waals surface area (Å²) in [5.41, 5.74) is 1.28. The summed E-state index contributed by atoms with van der Waals surface area (Å²) in [4.78, 5) is 13.0. The topological polar surface area (TPSA) is 22.0 Å². The number of aromatic nitrogens is 1. The highest BCUT2D eigenvalue weighted by Gasteiger charge is 2.09. The highest BCUT2D eigenvalue weighted by atomic mass is 127. The lowest BCUT2D eigenvalue weighted by Crippen LogP contribution is -2.10. The fourth-order valence-corrected chi connectivity index (χ4v) is 4.13. The summed E-state index contributed by atoms with van der Waals surface area (Å²) < 4.78 is 3.56. The van der Waals surface area contributed by atoms with Crippen molar-refractivity contribution in [3.05, 3.63) is 37.5 Å². The summed E-state index contributed by atoms with van der Waals surface area (Å²) in [5, 5.41) is 0.779.